The zero-order valence-corrected chi connectivity index (χ0v) is 21.8. The summed E-state index contributed by atoms with van der Waals surface area (Å²) >= 11 is 0. The first-order chi connectivity index (χ1) is 18.0. The second-order valence-electron chi connectivity index (χ2n) is 10.4. The van der Waals surface area contributed by atoms with E-state index in [9.17, 15) is 17.2 Å². The van der Waals surface area contributed by atoms with Gasteiger partial charge in [-0.25, -0.2) is 36.6 Å². The summed E-state index contributed by atoms with van der Waals surface area (Å²) in [6.07, 6.45) is 6.09. The van der Waals surface area contributed by atoms with Crippen LogP contribution in [0.2, 0.25) is 0 Å². The van der Waals surface area contributed by atoms with Gasteiger partial charge in [-0.1, -0.05) is 19.9 Å². The number of fused-ring (bicyclic) bond motifs is 5. The Kier molecular flexibility index (Phi) is 5.48. The molecule has 1 saturated carbocycles. The first-order valence-corrected chi connectivity index (χ1v) is 14.1. The van der Waals surface area contributed by atoms with Crippen LogP contribution in [0.15, 0.2) is 48.8 Å². The quantitative estimate of drug-likeness (QED) is 0.399. The lowest BCUT2D eigenvalue weighted by Crippen LogP contribution is -2.38. The van der Waals surface area contributed by atoms with Crippen LogP contribution < -0.4 is 4.72 Å². The van der Waals surface area contributed by atoms with E-state index >= 15 is 0 Å². The summed E-state index contributed by atoms with van der Waals surface area (Å²) < 4.78 is 55.8. The second kappa shape index (κ2) is 8.43. The van der Waals surface area contributed by atoms with Crippen molar-refractivity contribution in [3.63, 3.8) is 0 Å². The Hall–Kier alpha value is -3.64. The molecule has 1 aromatic carbocycles. The predicted octanol–water partition coefficient (Wildman–Crippen LogP) is 3.65. The Morgan fingerprint density at radius 2 is 1.89 bits per heavy atom. The highest BCUT2D eigenvalue weighted by molar-refractivity contribution is 7.88. The van der Waals surface area contributed by atoms with Gasteiger partial charge >= 0.3 is 0 Å². The summed E-state index contributed by atoms with van der Waals surface area (Å²) in [6.45, 7) is 4.39. The van der Waals surface area contributed by atoms with E-state index in [-0.39, 0.29) is 29.1 Å². The number of sulfonamides is 1. The maximum atomic E-state index is 14.5. The maximum absolute atomic E-state index is 14.5. The Balaban J connectivity index is 1.41. The smallest absolute Gasteiger partial charge is 0.220 e. The number of nitrogens with zero attached hydrogens (tertiary/aromatic N) is 6. The molecule has 2 aliphatic rings. The van der Waals surface area contributed by atoms with Crippen molar-refractivity contribution in [2.75, 3.05) is 6.26 Å². The van der Waals surface area contributed by atoms with Gasteiger partial charge < -0.3 is 0 Å². The van der Waals surface area contributed by atoms with E-state index in [0.717, 1.165) is 36.0 Å². The average molecular weight is 538 g/mol. The molecule has 2 aliphatic carbocycles. The van der Waals surface area contributed by atoms with Crippen LogP contribution in [-0.4, -0.2) is 44.6 Å². The molecule has 0 aliphatic heterocycles. The van der Waals surface area contributed by atoms with E-state index in [1.807, 2.05) is 6.07 Å². The zero-order valence-electron chi connectivity index (χ0n) is 21.0. The molecule has 3 heterocycles. The van der Waals surface area contributed by atoms with Gasteiger partial charge in [0.25, 0.3) is 5.95 Å². The molecule has 9 nitrogen and oxygen atoms in total. The molecular formula is C26H25F2N7O2S. The molecule has 196 valence electrons. The Bertz CT molecular complexity index is 1670. The average Bonchev–Trinajstić information content (AvgIpc) is 3.50. The SMILES string of the molecule is CC1(C)[C@H]2CC[C@@]1(c1ccnc(-n3ccc(CNS(C)(=O)=O)n3)n1)c1nnc(-c3c(F)cccc3F)cc12. The predicted molar refractivity (Wildman–Crippen MR) is 135 cm³/mol. The lowest BCUT2D eigenvalue weighted by atomic mass is 9.66. The standard InChI is InChI=1S/C26H25F2N7O2S/c1-25(2)17-7-10-26(25,23-16(17)13-20(32-33-23)22-18(27)5-4-6-19(22)28)21-8-11-29-24(31-21)35-12-9-15(34-35)14-30-38(3,36)37/h4-6,8-9,11-13,17,30H,7,10,14H2,1-3H3/t17-,26+/m0/s1. The molecule has 4 aromatic rings. The van der Waals surface area contributed by atoms with Crippen LogP contribution in [0, 0.1) is 17.0 Å². The van der Waals surface area contributed by atoms with Gasteiger partial charge in [0, 0.05) is 12.4 Å². The Morgan fingerprint density at radius 3 is 2.63 bits per heavy atom. The molecule has 6 rings (SSSR count). The first kappa shape index (κ1) is 24.7. The molecule has 12 heteroatoms. The molecular weight excluding hydrogens is 512 g/mol. The molecule has 0 saturated heterocycles. The van der Waals surface area contributed by atoms with Crippen molar-refractivity contribution in [2.24, 2.45) is 5.41 Å². The summed E-state index contributed by atoms with van der Waals surface area (Å²) in [5, 5.41) is 13.3. The Labute approximate surface area is 218 Å². The highest BCUT2D eigenvalue weighted by Gasteiger charge is 2.65. The maximum Gasteiger partial charge on any atom is 0.250 e. The number of hydrogen-bond donors (Lipinski definition) is 1. The van der Waals surface area contributed by atoms with Crippen LogP contribution in [0.5, 0.6) is 0 Å². The van der Waals surface area contributed by atoms with E-state index in [1.165, 1.54) is 22.9 Å². The van der Waals surface area contributed by atoms with Crippen LogP contribution in [0.25, 0.3) is 17.2 Å². The van der Waals surface area contributed by atoms with Crippen LogP contribution in [0.4, 0.5) is 8.78 Å². The molecule has 0 radical (unpaired) electrons. The van der Waals surface area contributed by atoms with Crippen molar-refractivity contribution in [3.8, 4) is 17.2 Å². The fourth-order valence-electron chi connectivity index (χ4n) is 6.23. The molecule has 1 N–H and O–H groups in total. The van der Waals surface area contributed by atoms with Gasteiger partial charge in [-0.2, -0.15) is 10.2 Å². The normalized spacial score (nSPS) is 21.6. The van der Waals surface area contributed by atoms with E-state index in [4.69, 9.17) is 4.98 Å². The van der Waals surface area contributed by atoms with Gasteiger partial charge in [0.15, 0.2) is 0 Å². The third-order valence-electron chi connectivity index (χ3n) is 8.05. The minimum atomic E-state index is -3.35. The number of benzene rings is 1. The van der Waals surface area contributed by atoms with Crippen molar-refractivity contribution >= 4 is 10.0 Å². The molecule has 0 amide bonds. The van der Waals surface area contributed by atoms with E-state index in [1.54, 1.807) is 24.5 Å². The molecule has 0 spiro atoms. The fourth-order valence-corrected chi connectivity index (χ4v) is 6.64. The molecule has 3 aromatic heterocycles. The van der Waals surface area contributed by atoms with Crippen molar-refractivity contribution in [1.82, 2.24) is 34.7 Å². The van der Waals surface area contributed by atoms with Gasteiger partial charge in [-0.15, -0.1) is 5.10 Å². The molecule has 1 fully saturated rings. The third-order valence-corrected chi connectivity index (χ3v) is 8.71. The van der Waals surface area contributed by atoms with Gasteiger partial charge in [0.2, 0.25) is 10.0 Å². The first-order valence-electron chi connectivity index (χ1n) is 12.2. The second-order valence-corrected chi connectivity index (χ2v) is 12.3. The highest BCUT2D eigenvalue weighted by atomic mass is 32.2. The monoisotopic (exact) mass is 537 g/mol. The number of hydrogen-bond acceptors (Lipinski definition) is 7. The number of rotatable bonds is 6. The van der Waals surface area contributed by atoms with Crippen LogP contribution in [-0.2, 0) is 22.0 Å². The summed E-state index contributed by atoms with van der Waals surface area (Å²) in [7, 11) is -3.35. The van der Waals surface area contributed by atoms with Crippen LogP contribution in [0.1, 0.15) is 55.3 Å². The van der Waals surface area contributed by atoms with Crippen LogP contribution in [0.3, 0.4) is 0 Å². The largest absolute Gasteiger partial charge is 0.250 e. The minimum absolute atomic E-state index is 0.0536. The zero-order chi connectivity index (χ0) is 26.9. The fraction of sp³-hybridized carbons (Fsp3) is 0.346. The van der Waals surface area contributed by atoms with E-state index < -0.39 is 27.1 Å². The van der Waals surface area contributed by atoms with Gasteiger partial charge in [-0.05, 0) is 60.1 Å². The summed E-state index contributed by atoms with van der Waals surface area (Å²) in [4.78, 5) is 9.27. The topological polar surface area (TPSA) is 116 Å². The number of aromatic nitrogens is 6. The highest BCUT2D eigenvalue weighted by Crippen LogP contribution is 2.69. The van der Waals surface area contributed by atoms with Crippen LogP contribution >= 0.6 is 0 Å². The van der Waals surface area contributed by atoms with Gasteiger partial charge in [0.05, 0.1) is 46.6 Å². The van der Waals surface area contributed by atoms with Crippen molar-refractivity contribution < 1.29 is 17.2 Å². The molecule has 38 heavy (non-hydrogen) atoms. The summed E-state index contributed by atoms with van der Waals surface area (Å²) in [5.41, 5.74) is 2.11. The summed E-state index contributed by atoms with van der Waals surface area (Å²) in [6, 6.07) is 9.09. The van der Waals surface area contributed by atoms with Crippen molar-refractivity contribution in [3.05, 3.63) is 83.1 Å². The van der Waals surface area contributed by atoms with E-state index in [0.29, 0.717) is 11.6 Å². The van der Waals surface area contributed by atoms with Crippen molar-refractivity contribution in [2.45, 2.75) is 44.6 Å². The number of nitrogens with one attached hydrogen (secondary N) is 1. The lowest BCUT2D eigenvalue weighted by molar-refractivity contribution is 0.242. The Morgan fingerprint density at radius 1 is 1.13 bits per heavy atom. The number of halogens is 2. The molecule has 2 bridgehead atoms. The molecule has 0 unspecified atom stereocenters. The van der Waals surface area contributed by atoms with E-state index in [2.05, 4.69) is 38.8 Å². The van der Waals surface area contributed by atoms with Gasteiger partial charge in [0.1, 0.15) is 11.6 Å². The van der Waals surface area contributed by atoms with Gasteiger partial charge in [-0.3, -0.25) is 0 Å². The van der Waals surface area contributed by atoms with Crippen molar-refractivity contribution in [1.29, 1.82) is 0 Å². The summed E-state index contributed by atoms with van der Waals surface area (Å²) in [5.74, 6) is -0.907. The third kappa shape index (κ3) is 3.65. The molecule has 2 atom stereocenters. The lowest BCUT2D eigenvalue weighted by Gasteiger charge is -2.37. The minimum Gasteiger partial charge on any atom is -0.220 e.